The van der Waals surface area contributed by atoms with Gasteiger partial charge in [-0.25, -0.2) is 4.98 Å². The van der Waals surface area contributed by atoms with Crippen LogP contribution in [0, 0.1) is 11.3 Å². The first-order chi connectivity index (χ1) is 14.3. The summed E-state index contributed by atoms with van der Waals surface area (Å²) in [5.41, 5.74) is 12.8. The molecule has 11 heteroatoms. The second-order valence-electron chi connectivity index (χ2n) is 5.87. The third-order valence-corrected chi connectivity index (χ3v) is 6.20. The summed E-state index contributed by atoms with van der Waals surface area (Å²) in [6.45, 7) is 0. The van der Waals surface area contributed by atoms with E-state index in [1.807, 2.05) is 17.5 Å². The molecule has 0 aliphatic carbocycles. The number of aromatic nitrogens is 1. The van der Waals surface area contributed by atoms with E-state index in [0.717, 1.165) is 11.3 Å². The maximum Gasteiger partial charge on any atom is 0.285 e. The molecule has 0 aliphatic heterocycles. The van der Waals surface area contributed by atoms with Crippen molar-refractivity contribution in [3.05, 3.63) is 70.1 Å². The van der Waals surface area contributed by atoms with E-state index in [1.54, 1.807) is 12.1 Å². The van der Waals surface area contributed by atoms with Gasteiger partial charge in [0.05, 0.1) is 10.6 Å². The molecule has 3 aromatic rings. The third-order valence-electron chi connectivity index (χ3n) is 3.76. The van der Waals surface area contributed by atoms with Crippen LogP contribution < -0.4 is 16.8 Å². The Balaban J connectivity index is 1.77. The molecule has 0 amide bonds. The van der Waals surface area contributed by atoms with Gasteiger partial charge >= 0.3 is 0 Å². The summed E-state index contributed by atoms with van der Waals surface area (Å²) in [6, 6.07) is 15.1. The lowest BCUT2D eigenvalue weighted by Crippen LogP contribution is -2.24. The van der Waals surface area contributed by atoms with Crippen molar-refractivity contribution in [2.45, 2.75) is 4.90 Å². The number of benzene rings is 2. The summed E-state index contributed by atoms with van der Waals surface area (Å²) in [7, 11) is -3.96. The number of hydrogen-bond acceptors (Lipinski definition) is 6. The van der Waals surface area contributed by atoms with Crippen LogP contribution in [-0.2, 0) is 10.0 Å². The molecule has 2 aromatic carbocycles. The van der Waals surface area contributed by atoms with Gasteiger partial charge in [-0.2, -0.15) is 13.7 Å². The van der Waals surface area contributed by atoms with Crippen molar-refractivity contribution in [1.29, 1.82) is 5.26 Å². The standard InChI is InChI=1S/C19H15ClN6O2S2/c20-14-3-1-12(2-4-14)17-11-29-18(25-17)13(9-21)10-24-15-5-7-16(8-6-15)30(27,28)26-19(22)23/h1-8,10-11,24H,(H4,22,23,26). The second kappa shape index (κ2) is 8.96. The molecule has 0 aliphatic rings. The summed E-state index contributed by atoms with van der Waals surface area (Å²) in [4.78, 5) is 4.44. The molecular formula is C19H15ClN6O2S2. The quantitative estimate of drug-likeness (QED) is 0.291. The van der Waals surface area contributed by atoms with E-state index in [1.165, 1.54) is 41.8 Å². The topological polar surface area (TPSA) is 147 Å². The zero-order chi connectivity index (χ0) is 21.7. The van der Waals surface area contributed by atoms with Crippen molar-refractivity contribution >= 4 is 50.2 Å². The lowest BCUT2D eigenvalue weighted by molar-refractivity contribution is 0.598. The Morgan fingerprint density at radius 2 is 1.83 bits per heavy atom. The number of thiazole rings is 1. The molecule has 30 heavy (non-hydrogen) atoms. The Labute approximate surface area is 182 Å². The van der Waals surface area contributed by atoms with Crippen LogP contribution in [0.15, 0.2) is 69.4 Å². The van der Waals surface area contributed by atoms with Gasteiger partial charge in [0.2, 0.25) is 5.96 Å². The van der Waals surface area contributed by atoms with Crippen LogP contribution in [0.2, 0.25) is 5.02 Å². The van der Waals surface area contributed by atoms with E-state index in [-0.39, 0.29) is 4.90 Å². The zero-order valence-corrected chi connectivity index (χ0v) is 17.7. The van der Waals surface area contributed by atoms with Gasteiger partial charge in [-0.15, -0.1) is 15.7 Å². The molecule has 3 rings (SSSR count). The minimum atomic E-state index is -3.96. The smallest absolute Gasteiger partial charge is 0.285 e. The number of hydrogen-bond donors (Lipinski definition) is 3. The molecule has 152 valence electrons. The molecule has 0 saturated heterocycles. The normalized spacial score (nSPS) is 11.5. The fourth-order valence-electron chi connectivity index (χ4n) is 2.36. The van der Waals surface area contributed by atoms with Crippen LogP contribution in [0.3, 0.4) is 0 Å². The Morgan fingerprint density at radius 1 is 1.17 bits per heavy atom. The van der Waals surface area contributed by atoms with E-state index >= 15 is 0 Å². The SMILES string of the molecule is N#CC(=CNc1ccc(S(=O)(=O)N=C(N)N)cc1)c1nc(-c2ccc(Cl)cc2)cs1. The van der Waals surface area contributed by atoms with Crippen LogP contribution in [0.4, 0.5) is 5.69 Å². The van der Waals surface area contributed by atoms with Crippen molar-refractivity contribution in [2.24, 2.45) is 15.9 Å². The molecule has 0 spiro atoms. The highest BCUT2D eigenvalue weighted by Gasteiger charge is 2.13. The summed E-state index contributed by atoms with van der Waals surface area (Å²) >= 11 is 7.24. The molecule has 5 N–H and O–H groups in total. The summed E-state index contributed by atoms with van der Waals surface area (Å²) < 4.78 is 27.1. The number of anilines is 1. The monoisotopic (exact) mass is 458 g/mol. The fraction of sp³-hybridized carbons (Fsp3) is 0. The number of halogens is 1. The fourth-order valence-corrected chi connectivity index (χ4v) is 4.15. The molecule has 1 heterocycles. The van der Waals surface area contributed by atoms with Crippen molar-refractivity contribution in [3.63, 3.8) is 0 Å². The Hall–Kier alpha value is -3.39. The number of nitrogens with two attached hydrogens (primary N) is 2. The summed E-state index contributed by atoms with van der Waals surface area (Å²) in [6.07, 6.45) is 1.50. The van der Waals surface area contributed by atoms with Crippen LogP contribution in [-0.4, -0.2) is 19.4 Å². The molecular weight excluding hydrogens is 444 g/mol. The van der Waals surface area contributed by atoms with E-state index in [4.69, 9.17) is 23.1 Å². The third kappa shape index (κ3) is 5.15. The van der Waals surface area contributed by atoms with Gasteiger partial charge in [-0.3, -0.25) is 0 Å². The molecule has 0 atom stereocenters. The molecule has 0 radical (unpaired) electrons. The van der Waals surface area contributed by atoms with Crippen molar-refractivity contribution in [2.75, 3.05) is 5.32 Å². The molecule has 0 fully saturated rings. The summed E-state index contributed by atoms with van der Waals surface area (Å²) in [5, 5.41) is 15.5. The van der Waals surface area contributed by atoms with Crippen molar-refractivity contribution in [3.8, 4) is 17.3 Å². The predicted octanol–water partition coefficient (Wildman–Crippen LogP) is 3.40. The number of nitrogens with zero attached hydrogens (tertiary/aromatic N) is 3. The molecule has 8 nitrogen and oxygen atoms in total. The van der Waals surface area contributed by atoms with E-state index in [9.17, 15) is 13.7 Å². The van der Waals surface area contributed by atoms with E-state index < -0.39 is 16.0 Å². The number of allylic oxidation sites excluding steroid dienone is 1. The minimum absolute atomic E-state index is 0.0570. The first kappa shape index (κ1) is 21.3. The Morgan fingerprint density at radius 3 is 2.43 bits per heavy atom. The van der Waals surface area contributed by atoms with Crippen molar-refractivity contribution in [1.82, 2.24) is 4.98 Å². The lowest BCUT2D eigenvalue weighted by atomic mass is 10.2. The second-order valence-corrected chi connectivity index (χ2v) is 8.77. The Kier molecular flexibility index (Phi) is 6.37. The average molecular weight is 459 g/mol. The van der Waals surface area contributed by atoms with E-state index in [0.29, 0.717) is 21.3 Å². The van der Waals surface area contributed by atoms with Gasteiger partial charge < -0.3 is 16.8 Å². The molecule has 0 unspecified atom stereocenters. The number of sulfonamides is 1. The molecule has 0 saturated carbocycles. The van der Waals surface area contributed by atoms with Crippen molar-refractivity contribution < 1.29 is 8.42 Å². The number of rotatable bonds is 6. The van der Waals surface area contributed by atoms with Crippen LogP contribution in [0.25, 0.3) is 16.8 Å². The number of guanidine groups is 1. The van der Waals surface area contributed by atoms with Gasteiger partial charge in [0.1, 0.15) is 16.6 Å². The van der Waals surface area contributed by atoms with Crippen LogP contribution in [0.1, 0.15) is 5.01 Å². The first-order valence-electron chi connectivity index (χ1n) is 8.33. The van der Waals surface area contributed by atoms with Gasteiger partial charge in [-0.05, 0) is 36.4 Å². The lowest BCUT2D eigenvalue weighted by Gasteiger charge is -2.03. The van der Waals surface area contributed by atoms with Crippen LogP contribution >= 0.6 is 22.9 Å². The molecule has 1 aromatic heterocycles. The van der Waals surface area contributed by atoms with Crippen LogP contribution in [0.5, 0.6) is 0 Å². The maximum absolute atomic E-state index is 12.0. The highest BCUT2D eigenvalue weighted by molar-refractivity contribution is 7.90. The minimum Gasteiger partial charge on any atom is -0.369 e. The largest absolute Gasteiger partial charge is 0.369 e. The number of nitriles is 1. The van der Waals surface area contributed by atoms with Gasteiger partial charge in [0.25, 0.3) is 10.0 Å². The molecule has 0 bridgehead atoms. The zero-order valence-electron chi connectivity index (χ0n) is 15.3. The van der Waals surface area contributed by atoms with Gasteiger partial charge in [0, 0.05) is 27.9 Å². The highest BCUT2D eigenvalue weighted by atomic mass is 35.5. The van der Waals surface area contributed by atoms with Gasteiger partial charge in [0.15, 0.2) is 0 Å². The summed E-state index contributed by atoms with van der Waals surface area (Å²) in [5.74, 6) is -0.541. The number of nitrogens with one attached hydrogen (secondary N) is 1. The van der Waals surface area contributed by atoms with E-state index in [2.05, 4.69) is 20.8 Å². The van der Waals surface area contributed by atoms with Gasteiger partial charge in [-0.1, -0.05) is 23.7 Å². The maximum atomic E-state index is 12.0. The predicted molar refractivity (Wildman–Crippen MR) is 119 cm³/mol. The highest BCUT2D eigenvalue weighted by Crippen LogP contribution is 2.27. The average Bonchev–Trinajstić information content (AvgIpc) is 3.18. The Bertz CT molecular complexity index is 1250. The first-order valence-corrected chi connectivity index (χ1v) is 11.0.